The molecule has 2 aromatic rings. The van der Waals surface area contributed by atoms with Gasteiger partial charge in [-0.2, -0.15) is 5.10 Å². The van der Waals surface area contributed by atoms with Gasteiger partial charge >= 0.3 is 5.97 Å². The molecule has 0 aliphatic rings. The van der Waals surface area contributed by atoms with E-state index >= 15 is 0 Å². The predicted octanol–water partition coefficient (Wildman–Crippen LogP) is 1.33. The topological polar surface area (TPSA) is 97.1 Å². The largest absolute Gasteiger partial charge is 0.478 e. The molecule has 0 aliphatic carbocycles. The summed E-state index contributed by atoms with van der Waals surface area (Å²) in [5, 5.41) is 15.7. The van der Waals surface area contributed by atoms with Crippen LogP contribution in [0.1, 0.15) is 33.3 Å². The third-order valence-electron chi connectivity index (χ3n) is 2.75. The average molecular weight is 274 g/mol. The number of carboxylic acids is 1. The highest BCUT2D eigenvalue weighted by Gasteiger charge is 2.18. The zero-order valence-corrected chi connectivity index (χ0v) is 11.1. The van der Waals surface area contributed by atoms with Crippen molar-refractivity contribution in [3.63, 3.8) is 0 Å². The zero-order valence-electron chi connectivity index (χ0n) is 11.1. The fourth-order valence-electron chi connectivity index (χ4n) is 1.84. The van der Waals surface area contributed by atoms with Gasteiger partial charge in [0, 0.05) is 19.4 Å². The Hall–Kier alpha value is -2.70. The molecule has 104 valence electrons. The Morgan fingerprint density at radius 3 is 2.80 bits per heavy atom. The van der Waals surface area contributed by atoms with Gasteiger partial charge in [-0.25, -0.2) is 9.78 Å². The van der Waals surface area contributed by atoms with Crippen LogP contribution in [0.2, 0.25) is 0 Å². The number of aromatic carboxylic acids is 1. The molecule has 7 nitrogen and oxygen atoms in total. The van der Waals surface area contributed by atoms with E-state index in [1.807, 2.05) is 6.92 Å². The lowest BCUT2D eigenvalue weighted by molar-refractivity contribution is 0.0697. The first-order valence-corrected chi connectivity index (χ1v) is 6.05. The molecule has 0 fully saturated rings. The molecule has 2 heterocycles. The van der Waals surface area contributed by atoms with Crippen LogP contribution in [-0.4, -0.2) is 31.7 Å². The van der Waals surface area contributed by atoms with Crippen LogP contribution in [0.15, 0.2) is 24.5 Å². The third-order valence-corrected chi connectivity index (χ3v) is 2.75. The maximum atomic E-state index is 12.2. The van der Waals surface area contributed by atoms with Gasteiger partial charge in [-0.05, 0) is 18.6 Å². The van der Waals surface area contributed by atoms with Gasteiger partial charge in [0.2, 0.25) is 0 Å². The zero-order chi connectivity index (χ0) is 14.7. The van der Waals surface area contributed by atoms with Gasteiger partial charge in [-0.15, -0.1) is 0 Å². The number of rotatable bonds is 4. The molecule has 2 N–H and O–H groups in total. The van der Waals surface area contributed by atoms with E-state index in [0.29, 0.717) is 17.7 Å². The number of nitrogens with one attached hydrogen (secondary N) is 1. The first-order chi connectivity index (χ1) is 9.52. The Morgan fingerprint density at radius 1 is 1.40 bits per heavy atom. The van der Waals surface area contributed by atoms with Crippen molar-refractivity contribution in [3.8, 4) is 0 Å². The molecule has 0 bridgehead atoms. The molecule has 0 unspecified atom stereocenters. The number of aromatic nitrogens is 3. The smallest absolute Gasteiger partial charge is 0.339 e. The lowest BCUT2D eigenvalue weighted by Gasteiger charge is -2.06. The van der Waals surface area contributed by atoms with E-state index in [0.717, 1.165) is 0 Å². The number of hydrogen-bond donors (Lipinski definition) is 2. The number of carboxylic acid groups (broad SMARTS) is 1. The number of anilines is 1. The van der Waals surface area contributed by atoms with Gasteiger partial charge in [-0.1, -0.05) is 6.92 Å². The molecule has 0 spiro atoms. The van der Waals surface area contributed by atoms with Crippen LogP contribution >= 0.6 is 0 Å². The average Bonchev–Trinajstić information content (AvgIpc) is 2.80. The second-order valence-electron chi connectivity index (χ2n) is 4.18. The second-order valence-corrected chi connectivity index (χ2v) is 4.18. The number of amides is 1. The summed E-state index contributed by atoms with van der Waals surface area (Å²) in [5.41, 5.74) is 1.01. The summed E-state index contributed by atoms with van der Waals surface area (Å²) in [5.74, 6) is -1.54. The summed E-state index contributed by atoms with van der Waals surface area (Å²) >= 11 is 0. The number of carbonyl (C=O) groups is 2. The predicted molar refractivity (Wildman–Crippen MR) is 71.7 cm³/mol. The molecule has 0 aliphatic heterocycles. The van der Waals surface area contributed by atoms with Gasteiger partial charge in [0.25, 0.3) is 5.91 Å². The molecule has 0 atom stereocenters. The lowest BCUT2D eigenvalue weighted by Crippen LogP contribution is -2.16. The van der Waals surface area contributed by atoms with Crippen LogP contribution in [0, 0.1) is 0 Å². The highest BCUT2D eigenvalue weighted by atomic mass is 16.4. The lowest BCUT2D eigenvalue weighted by atomic mass is 10.2. The SMILES string of the molecule is CCc1nn(C)cc1C(=O)Nc1ncccc1C(=O)O. The van der Waals surface area contributed by atoms with E-state index in [1.165, 1.54) is 18.3 Å². The van der Waals surface area contributed by atoms with E-state index in [1.54, 1.807) is 17.9 Å². The summed E-state index contributed by atoms with van der Waals surface area (Å²) in [6.07, 6.45) is 3.63. The highest BCUT2D eigenvalue weighted by molar-refractivity contribution is 6.07. The van der Waals surface area contributed by atoms with Crippen LogP contribution in [0.25, 0.3) is 0 Å². The van der Waals surface area contributed by atoms with Crippen molar-refractivity contribution in [3.05, 3.63) is 41.3 Å². The summed E-state index contributed by atoms with van der Waals surface area (Å²) in [6.45, 7) is 1.89. The number of carbonyl (C=O) groups excluding carboxylic acids is 1. The van der Waals surface area contributed by atoms with E-state index in [9.17, 15) is 9.59 Å². The maximum Gasteiger partial charge on any atom is 0.339 e. The third kappa shape index (κ3) is 2.66. The first-order valence-electron chi connectivity index (χ1n) is 6.05. The summed E-state index contributed by atoms with van der Waals surface area (Å²) in [7, 11) is 1.72. The van der Waals surface area contributed by atoms with Crippen molar-refractivity contribution in [1.29, 1.82) is 0 Å². The summed E-state index contributed by atoms with van der Waals surface area (Å²) in [4.78, 5) is 27.1. The molecule has 7 heteroatoms. The molecular weight excluding hydrogens is 260 g/mol. The van der Waals surface area contributed by atoms with E-state index < -0.39 is 11.9 Å². The maximum absolute atomic E-state index is 12.2. The number of hydrogen-bond acceptors (Lipinski definition) is 4. The van der Waals surface area contributed by atoms with Crippen molar-refractivity contribution < 1.29 is 14.7 Å². The van der Waals surface area contributed by atoms with Crippen molar-refractivity contribution in [2.75, 3.05) is 5.32 Å². The van der Waals surface area contributed by atoms with Crippen LogP contribution < -0.4 is 5.32 Å². The van der Waals surface area contributed by atoms with Crippen LogP contribution in [0.5, 0.6) is 0 Å². The van der Waals surface area contributed by atoms with Crippen molar-refractivity contribution in [2.45, 2.75) is 13.3 Å². The standard InChI is InChI=1S/C13H14N4O3/c1-3-10-9(7-17(2)16-10)12(18)15-11-8(13(19)20)5-4-6-14-11/h4-7H,3H2,1-2H3,(H,19,20)(H,14,15,18). The normalized spacial score (nSPS) is 10.3. The van der Waals surface area contributed by atoms with Crippen LogP contribution in [0.3, 0.4) is 0 Å². The molecule has 2 aromatic heterocycles. The van der Waals surface area contributed by atoms with Gasteiger partial charge < -0.3 is 10.4 Å². The Kier molecular flexibility index (Phi) is 3.79. The number of aryl methyl sites for hydroxylation is 2. The Labute approximate surface area is 115 Å². The molecule has 1 amide bonds. The van der Waals surface area contributed by atoms with Gasteiger partial charge in [0.05, 0.1) is 11.3 Å². The second kappa shape index (κ2) is 5.52. The van der Waals surface area contributed by atoms with Crippen molar-refractivity contribution in [2.24, 2.45) is 7.05 Å². The minimum Gasteiger partial charge on any atom is -0.478 e. The Bertz CT molecular complexity index is 663. The fraction of sp³-hybridized carbons (Fsp3) is 0.231. The Balaban J connectivity index is 2.30. The number of nitrogens with zero attached hydrogens (tertiary/aromatic N) is 3. The number of pyridine rings is 1. The quantitative estimate of drug-likeness (QED) is 0.876. The van der Waals surface area contributed by atoms with Gasteiger partial charge in [0.15, 0.2) is 0 Å². The van der Waals surface area contributed by atoms with E-state index in [-0.39, 0.29) is 11.4 Å². The fourth-order valence-corrected chi connectivity index (χ4v) is 1.84. The van der Waals surface area contributed by atoms with E-state index in [4.69, 9.17) is 5.11 Å². The molecule has 0 saturated carbocycles. The molecule has 0 saturated heterocycles. The van der Waals surface area contributed by atoms with Crippen molar-refractivity contribution in [1.82, 2.24) is 14.8 Å². The van der Waals surface area contributed by atoms with Gasteiger partial charge in [-0.3, -0.25) is 9.48 Å². The molecule has 0 radical (unpaired) electrons. The molecular formula is C13H14N4O3. The monoisotopic (exact) mass is 274 g/mol. The molecule has 0 aromatic carbocycles. The van der Waals surface area contributed by atoms with Crippen LogP contribution in [-0.2, 0) is 13.5 Å². The first kappa shape index (κ1) is 13.7. The molecule has 2 rings (SSSR count). The molecule has 20 heavy (non-hydrogen) atoms. The minimum atomic E-state index is -1.14. The summed E-state index contributed by atoms with van der Waals surface area (Å²) in [6, 6.07) is 2.88. The van der Waals surface area contributed by atoms with Gasteiger partial charge in [0.1, 0.15) is 11.4 Å². The van der Waals surface area contributed by atoms with Crippen molar-refractivity contribution >= 4 is 17.7 Å². The Morgan fingerprint density at radius 2 is 2.15 bits per heavy atom. The van der Waals surface area contributed by atoms with E-state index in [2.05, 4.69) is 15.4 Å². The highest BCUT2D eigenvalue weighted by Crippen LogP contribution is 2.14. The minimum absolute atomic E-state index is 0.0240. The van der Waals surface area contributed by atoms with Crippen LogP contribution in [0.4, 0.5) is 5.82 Å². The summed E-state index contributed by atoms with van der Waals surface area (Å²) < 4.78 is 1.55.